The molecule has 0 aromatic heterocycles. The Hall–Kier alpha value is -2.96. The second-order valence-corrected chi connectivity index (χ2v) is 4.83. The van der Waals surface area contributed by atoms with Gasteiger partial charge in [-0.1, -0.05) is 0 Å². The Bertz CT molecular complexity index is 746. The van der Waals surface area contributed by atoms with E-state index in [0.29, 0.717) is 22.8 Å². The maximum Gasteiger partial charge on any atom is 0.277 e. The molecule has 24 heavy (non-hydrogen) atoms. The van der Waals surface area contributed by atoms with Crippen LogP contribution in [-0.4, -0.2) is 25.3 Å². The van der Waals surface area contributed by atoms with Gasteiger partial charge in [-0.15, -0.1) is 0 Å². The minimum absolute atomic E-state index is 0.235. The molecule has 2 aromatic carbocycles. The smallest absolute Gasteiger partial charge is 0.277 e. The van der Waals surface area contributed by atoms with Crippen LogP contribution in [0.5, 0.6) is 11.5 Å². The van der Waals surface area contributed by atoms with Crippen LogP contribution < -0.4 is 14.9 Å². The molecule has 0 unspecified atom stereocenters. The first-order valence-corrected chi connectivity index (χ1v) is 7.05. The number of hydrogen-bond donors (Lipinski definition) is 1. The number of rotatable bonds is 6. The fourth-order valence-electron chi connectivity index (χ4n) is 1.79. The molecule has 126 valence electrons. The third kappa shape index (κ3) is 4.77. The van der Waals surface area contributed by atoms with Gasteiger partial charge in [0.2, 0.25) is 0 Å². The summed E-state index contributed by atoms with van der Waals surface area (Å²) in [5.74, 6) is -1.21. The molecule has 5 nitrogen and oxygen atoms in total. The van der Waals surface area contributed by atoms with Gasteiger partial charge in [-0.25, -0.2) is 14.2 Å². The molecule has 0 heterocycles. The third-order valence-electron chi connectivity index (χ3n) is 3.12. The number of amides is 1. The number of methoxy groups -OCH3 is 1. The number of benzene rings is 2. The molecule has 0 aliphatic carbocycles. The largest absolute Gasteiger partial charge is 0.497 e. The third-order valence-corrected chi connectivity index (χ3v) is 3.12. The Kier molecular flexibility index (Phi) is 5.83. The molecule has 0 bridgehead atoms. The van der Waals surface area contributed by atoms with Crippen molar-refractivity contribution in [2.24, 2.45) is 5.10 Å². The molecule has 1 N–H and O–H groups in total. The maximum atomic E-state index is 13.2. The highest BCUT2D eigenvalue weighted by Gasteiger charge is 2.06. The van der Waals surface area contributed by atoms with Crippen LogP contribution in [0, 0.1) is 11.6 Å². The quantitative estimate of drug-likeness (QED) is 0.653. The zero-order valence-electron chi connectivity index (χ0n) is 13.2. The molecular weight excluding hydrogens is 318 g/mol. The average molecular weight is 334 g/mol. The van der Waals surface area contributed by atoms with Gasteiger partial charge in [0, 0.05) is 5.56 Å². The zero-order chi connectivity index (χ0) is 17.5. The number of carbonyl (C=O) groups excluding carboxylic acids is 1. The minimum Gasteiger partial charge on any atom is -0.497 e. The van der Waals surface area contributed by atoms with E-state index < -0.39 is 17.5 Å². The molecule has 7 heteroatoms. The second-order valence-electron chi connectivity index (χ2n) is 4.83. The van der Waals surface area contributed by atoms with Crippen molar-refractivity contribution >= 4 is 11.6 Å². The Labute approximate surface area is 137 Å². The van der Waals surface area contributed by atoms with E-state index >= 15 is 0 Å². The highest BCUT2D eigenvalue weighted by molar-refractivity contribution is 5.99. The van der Waals surface area contributed by atoms with E-state index in [0.717, 1.165) is 12.1 Å². The van der Waals surface area contributed by atoms with Gasteiger partial charge in [0.1, 0.15) is 11.5 Å². The molecular formula is C17H16F2N2O3. The summed E-state index contributed by atoms with van der Waals surface area (Å²) in [5.41, 5.74) is 3.00. The molecule has 0 atom stereocenters. The number of nitrogens with one attached hydrogen (secondary N) is 1. The summed E-state index contributed by atoms with van der Waals surface area (Å²) in [7, 11) is 1.55. The first kappa shape index (κ1) is 17.4. The van der Waals surface area contributed by atoms with Gasteiger partial charge >= 0.3 is 0 Å². The summed E-state index contributed by atoms with van der Waals surface area (Å²) in [4.78, 5) is 11.7. The number of carbonyl (C=O) groups is 1. The molecule has 0 aliphatic rings. The number of halogens is 2. The van der Waals surface area contributed by atoms with Crippen molar-refractivity contribution in [1.82, 2.24) is 5.43 Å². The maximum absolute atomic E-state index is 13.2. The SMILES string of the molecule is COc1ccc(OCC(=O)N/N=C(/C)c2ccc(F)c(F)c2)cc1. The minimum atomic E-state index is -0.976. The summed E-state index contributed by atoms with van der Waals surface area (Å²) in [6.07, 6.45) is 0. The standard InChI is InChI=1S/C17H16F2N2O3/c1-11(12-3-8-15(18)16(19)9-12)20-21-17(22)10-24-14-6-4-13(23-2)5-7-14/h3-9H,10H2,1-2H3,(H,21,22)/b20-11-. The Morgan fingerprint density at radius 1 is 1.08 bits per heavy atom. The van der Waals surface area contributed by atoms with Crippen molar-refractivity contribution in [3.63, 3.8) is 0 Å². The van der Waals surface area contributed by atoms with E-state index in [2.05, 4.69) is 10.5 Å². The van der Waals surface area contributed by atoms with Gasteiger partial charge < -0.3 is 9.47 Å². The van der Waals surface area contributed by atoms with Crippen molar-refractivity contribution in [3.05, 3.63) is 59.7 Å². The summed E-state index contributed by atoms with van der Waals surface area (Å²) in [6, 6.07) is 10.1. The Morgan fingerprint density at radius 3 is 2.38 bits per heavy atom. The molecule has 0 saturated carbocycles. The highest BCUT2D eigenvalue weighted by atomic mass is 19.2. The van der Waals surface area contributed by atoms with Crippen LogP contribution in [0.1, 0.15) is 12.5 Å². The predicted molar refractivity (Wildman–Crippen MR) is 85.2 cm³/mol. The fourth-order valence-corrected chi connectivity index (χ4v) is 1.79. The van der Waals surface area contributed by atoms with Crippen molar-refractivity contribution in [3.8, 4) is 11.5 Å². The summed E-state index contributed by atoms with van der Waals surface area (Å²) in [5, 5.41) is 3.83. The molecule has 0 aliphatic heterocycles. The van der Waals surface area contributed by atoms with Crippen LogP contribution in [0.2, 0.25) is 0 Å². The van der Waals surface area contributed by atoms with Crippen LogP contribution in [0.15, 0.2) is 47.6 Å². The fraction of sp³-hybridized carbons (Fsp3) is 0.176. The van der Waals surface area contributed by atoms with Gasteiger partial charge in [0.25, 0.3) is 5.91 Å². The van der Waals surface area contributed by atoms with E-state index in [1.54, 1.807) is 38.3 Å². The first-order valence-electron chi connectivity index (χ1n) is 7.05. The lowest BCUT2D eigenvalue weighted by atomic mass is 10.1. The topological polar surface area (TPSA) is 59.9 Å². The molecule has 0 radical (unpaired) electrons. The van der Waals surface area contributed by atoms with Gasteiger partial charge in [0.15, 0.2) is 18.2 Å². The molecule has 2 rings (SSSR count). The van der Waals surface area contributed by atoms with E-state index in [1.807, 2.05) is 0 Å². The summed E-state index contributed by atoms with van der Waals surface area (Å²) < 4.78 is 36.3. The molecule has 1 amide bonds. The van der Waals surface area contributed by atoms with Gasteiger partial charge in [-0.05, 0) is 49.4 Å². The predicted octanol–water partition coefficient (Wildman–Crippen LogP) is 2.89. The van der Waals surface area contributed by atoms with Gasteiger partial charge in [-0.2, -0.15) is 5.10 Å². The van der Waals surface area contributed by atoms with Crippen LogP contribution in [0.4, 0.5) is 8.78 Å². The summed E-state index contributed by atoms with van der Waals surface area (Å²) >= 11 is 0. The lowest BCUT2D eigenvalue weighted by molar-refractivity contribution is -0.123. The van der Waals surface area contributed by atoms with Gasteiger partial charge in [0.05, 0.1) is 12.8 Å². The van der Waals surface area contributed by atoms with Crippen molar-refractivity contribution in [1.29, 1.82) is 0 Å². The van der Waals surface area contributed by atoms with E-state index in [1.165, 1.54) is 6.07 Å². The van der Waals surface area contributed by atoms with E-state index in [-0.39, 0.29) is 6.61 Å². The van der Waals surface area contributed by atoms with Crippen LogP contribution in [0.25, 0.3) is 0 Å². The Morgan fingerprint density at radius 2 is 1.75 bits per heavy atom. The second kappa shape index (κ2) is 8.05. The number of hydrogen-bond acceptors (Lipinski definition) is 4. The lowest BCUT2D eigenvalue weighted by Crippen LogP contribution is -2.25. The summed E-state index contributed by atoms with van der Waals surface area (Å²) in [6.45, 7) is 1.33. The normalized spacial score (nSPS) is 11.1. The van der Waals surface area contributed by atoms with Gasteiger partial charge in [-0.3, -0.25) is 4.79 Å². The van der Waals surface area contributed by atoms with Crippen LogP contribution >= 0.6 is 0 Å². The van der Waals surface area contributed by atoms with E-state index in [4.69, 9.17) is 9.47 Å². The highest BCUT2D eigenvalue weighted by Crippen LogP contribution is 2.16. The molecule has 0 fully saturated rings. The van der Waals surface area contributed by atoms with Crippen molar-refractivity contribution in [2.45, 2.75) is 6.92 Å². The van der Waals surface area contributed by atoms with Crippen molar-refractivity contribution in [2.75, 3.05) is 13.7 Å². The monoisotopic (exact) mass is 334 g/mol. The molecule has 0 saturated heterocycles. The molecule has 2 aromatic rings. The number of hydrazone groups is 1. The van der Waals surface area contributed by atoms with Crippen LogP contribution in [-0.2, 0) is 4.79 Å². The molecule has 0 spiro atoms. The average Bonchev–Trinajstić information content (AvgIpc) is 2.60. The first-order chi connectivity index (χ1) is 11.5. The number of nitrogens with zero attached hydrogens (tertiary/aromatic N) is 1. The Balaban J connectivity index is 1.87. The van der Waals surface area contributed by atoms with E-state index in [9.17, 15) is 13.6 Å². The number of ether oxygens (including phenoxy) is 2. The zero-order valence-corrected chi connectivity index (χ0v) is 13.2. The van der Waals surface area contributed by atoms with Crippen molar-refractivity contribution < 1.29 is 23.0 Å². The lowest BCUT2D eigenvalue weighted by Gasteiger charge is -2.07. The van der Waals surface area contributed by atoms with Crippen LogP contribution in [0.3, 0.4) is 0 Å².